The van der Waals surface area contributed by atoms with Crippen molar-refractivity contribution in [2.45, 2.75) is 0 Å². The lowest BCUT2D eigenvalue weighted by Crippen LogP contribution is -2.09. The molecule has 0 spiro atoms. The maximum absolute atomic E-state index is 6.63. The summed E-state index contributed by atoms with van der Waals surface area (Å²) in [7, 11) is 0. The van der Waals surface area contributed by atoms with Gasteiger partial charge in [-0.15, -0.1) is 11.3 Å². The predicted octanol–water partition coefficient (Wildman–Crippen LogP) is 14.5. The molecule has 11 rings (SSSR count). The van der Waals surface area contributed by atoms with Crippen LogP contribution in [-0.4, -0.2) is 4.98 Å². The second-order valence-corrected chi connectivity index (χ2v) is 14.6. The van der Waals surface area contributed by atoms with Gasteiger partial charge < -0.3 is 9.32 Å². The summed E-state index contributed by atoms with van der Waals surface area (Å²) in [5.74, 6) is 0. The van der Waals surface area contributed by atoms with Gasteiger partial charge >= 0.3 is 0 Å². The molecule has 0 unspecified atom stereocenters. The van der Waals surface area contributed by atoms with Crippen LogP contribution in [0.4, 0.5) is 17.1 Å². The highest BCUT2D eigenvalue weighted by Gasteiger charge is 2.19. The molecule has 0 aliphatic heterocycles. The molecule has 0 radical (unpaired) electrons. The molecule has 3 heterocycles. The van der Waals surface area contributed by atoms with Crippen molar-refractivity contribution in [2.75, 3.05) is 4.90 Å². The summed E-state index contributed by atoms with van der Waals surface area (Å²) < 4.78 is 9.23. The molecule has 0 fully saturated rings. The Morgan fingerprint density at radius 1 is 0.434 bits per heavy atom. The summed E-state index contributed by atoms with van der Waals surface area (Å²) in [6.45, 7) is 0. The highest BCUT2D eigenvalue weighted by atomic mass is 32.1. The van der Waals surface area contributed by atoms with E-state index in [0.717, 1.165) is 61.3 Å². The number of hydrogen-bond acceptors (Lipinski definition) is 4. The fourth-order valence-corrected chi connectivity index (χ4v) is 9.17. The molecule has 4 heteroatoms. The smallest absolute Gasteiger partial charge is 0.136 e. The van der Waals surface area contributed by atoms with Crippen molar-refractivity contribution in [1.29, 1.82) is 0 Å². The van der Waals surface area contributed by atoms with Crippen molar-refractivity contribution >= 4 is 92.1 Å². The first-order valence-corrected chi connectivity index (χ1v) is 18.7. The van der Waals surface area contributed by atoms with Crippen molar-refractivity contribution in [3.63, 3.8) is 0 Å². The minimum atomic E-state index is 0.875. The molecule has 3 aromatic heterocycles. The SMILES string of the molecule is c1cncc(-c2cccc3oc4cc(-c5ccc(N(c6ccc7ccccc7c6)c6ccc7sc8ccccc8c7c6)cc5)c5ccccc5c4c23)c1. The van der Waals surface area contributed by atoms with Gasteiger partial charge in [-0.25, -0.2) is 0 Å². The second-order valence-electron chi connectivity index (χ2n) is 13.6. The number of aromatic nitrogens is 1. The van der Waals surface area contributed by atoms with Gasteiger partial charge in [0.2, 0.25) is 0 Å². The van der Waals surface area contributed by atoms with E-state index in [2.05, 4.69) is 174 Å². The highest BCUT2D eigenvalue weighted by molar-refractivity contribution is 7.25. The highest BCUT2D eigenvalue weighted by Crippen LogP contribution is 2.45. The number of rotatable bonds is 5. The fraction of sp³-hybridized carbons (Fsp3) is 0. The quantitative estimate of drug-likeness (QED) is 0.180. The number of thiophene rings is 1. The van der Waals surface area contributed by atoms with Crippen LogP contribution in [-0.2, 0) is 0 Å². The fourth-order valence-electron chi connectivity index (χ4n) is 8.09. The minimum Gasteiger partial charge on any atom is -0.456 e. The summed E-state index contributed by atoms with van der Waals surface area (Å²) in [6.07, 6.45) is 3.74. The maximum Gasteiger partial charge on any atom is 0.136 e. The van der Waals surface area contributed by atoms with E-state index in [9.17, 15) is 0 Å². The van der Waals surface area contributed by atoms with Crippen molar-refractivity contribution in [2.24, 2.45) is 0 Å². The third kappa shape index (κ3) is 4.84. The molecule has 11 aromatic rings. The largest absolute Gasteiger partial charge is 0.456 e. The Bertz CT molecular complexity index is 3180. The van der Waals surface area contributed by atoms with E-state index in [0.29, 0.717) is 0 Å². The standard InChI is InChI=1S/C49H30N2OS/c1-2-10-33-27-36(23-18-31(33)9-1)51(37-24-25-47-43(28-37)40-13-5-6-17-46(40)53-47)35-21-19-32(20-22-35)42-29-45-49(41-14-4-3-12-39(41)42)48-38(15-7-16-44(48)52-45)34-11-8-26-50-30-34/h1-30H. The average molecular weight is 695 g/mol. The molecule has 0 N–H and O–H groups in total. The number of hydrogen-bond donors (Lipinski definition) is 0. The molecule has 3 nitrogen and oxygen atoms in total. The summed E-state index contributed by atoms with van der Waals surface area (Å²) in [5.41, 5.74) is 9.58. The molecule has 0 saturated carbocycles. The van der Waals surface area contributed by atoms with Crippen LogP contribution in [0.5, 0.6) is 0 Å². The molecule has 0 amide bonds. The summed E-state index contributed by atoms with van der Waals surface area (Å²) in [5, 5.41) is 9.64. The third-order valence-electron chi connectivity index (χ3n) is 10.5. The predicted molar refractivity (Wildman–Crippen MR) is 225 cm³/mol. The van der Waals surface area contributed by atoms with Crippen LogP contribution < -0.4 is 4.90 Å². The van der Waals surface area contributed by atoms with Gasteiger partial charge in [-0.1, -0.05) is 103 Å². The Hall–Kier alpha value is -6.75. The van der Waals surface area contributed by atoms with Crippen LogP contribution in [0.25, 0.3) is 85.9 Å². The number of benzene rings is 8. The van der Waals surface area contributed by atoms with Crippen molar-refractivity contribution < 1.29 is 4.42 Å². The minimum absolute atomic E-state index is 0.875. The lowest BCUT2D eigenvalue weighted by molar-refractivity contribution is 0.669. The van der Waals surface area contributed by atoms with Crippen LogP contribution in [0.15, 0.2) is 187 Å². The second kappa shape index (κ2) is 11.9. The number of nitrogens with zero attached hydrogens (tertiary/aromatic N) is 2. The van der Waals surface area contributed by atoms with Crippen molar-refractivity contribution in [3.05, 3.63) is 182 Å². The molecule has 0 atom stereocenters. The first-order valence-electron chi connectivity index (χ1n) is 17.8. The zero-order valence-corrected chi connectivity index (χ0v) is 29.3. The van der Waals surface area contributed by atoms with Gasteiger partial charge in [0.25, 0.3) is 0 Å². The van der Waals surface area contributed by atoms with Crippen LogP contribution in [0.1, 0.15) is 0 Å². The van der Waals surface area contributed by atoms with Crippen LogP contribution in [0, 0.1) is 0 Å². The summed E-state index contributed by atoms with van der Waals surface area (Å²) in [4.78, 5) is 6.79. The zero-order valence-electron chi connectivity index (χ0n) is 28.5. The normalized spacial score (nSPS) is 11.8. The number of anilines is 3. The topological polar surface area (TPSA) is 29.3 Å². The summed E-state index contributed by atoms with van der Waals surface area (Å²) in [6, 6.07) is 61.2. The van der Waals surface area contributed by atoms with Crippen LogP contribution in [0.3, 0.4) is 0 Å². The Labute approximate surface area is 309 Å². The molecule has 0 aliphatic carbocycles. The monoisotopic (exact) mass is 694 g/mol. The van der Waals surface area contributed by atoms with E-state index >= 15 is 0 Å². The Morgan fingerprint density at radius 2 is 1.17 bits per heavy atom. The molecule has 8 aromatic carbocycles. The molecule has 248 valence electrons. The van der Waals surface area contributed by atoms with Gasteiger partial charge in [-0.05, 0) is 105 Å². The van der Waals surface area contributed by atoms with E-state index in [1.165, 1.54) is 41.7 Å². The zero-order chi connectivity index (χ0) is 34.9. The third-order valence-corrected chi connectivity index (χ3v) is 11.7. The van der Waals surface area contributed by atoms with Gasteiger partial charge in [0.05, 0.1) is 0 Å². The van der Waals surface area contributed by atoms with Crippen molar-refractivity contribution in [3.8, 4) is 22.3 Å². The maximum atomic E-state index is 6.63. The molecule has 0 saturated heterocycles. The van der Waals surface area contributed by atoms with E-state index in [1.54, 1.807) is 0 Å². The van der Waals surface area contributed by atoms with E-state index in [-0.39, 0.29) is 0 Å². The number of furan rings is 1. The molecule has 0 aliphatic rings. The first-order chi connectivity index (χ1) is 26.3. The van der Waals surface area contributed by atoms with Crippen LogP contribution >= 0.6 is 11.3 Å². The van der Waals surface area contributed by atoms with Gasteiger partial charge in [0.15, 0.2) is 0 Å². The molecular formula is C49H30N2OS. The Morgan fingerprint density at radius 3 is 2.04 bits per heavy atom. The first kappa shape index (κ1) is 29.9. The van der Waals surface area contributed by atoms with Crippen LogP contribution in [0.2, 0.25) is 0 Å². The molecule has 53 heavy (non-hydrogen) atoms. The number of fused-ring (bicyclic) bond motifs is 9. The average Bonchev–Trinajstić information content (AvgIpc) is 3.80. The molecule has 0 bridgehead atoms. The lowest BCUT2D eigenvalue weighted by atomic mass is 9.93. The van der Waals surface area contributed by atoms with E-state index < -0.39 is 0 Å². The number of pyridine rings is 1. The summed E-state index contributed by atoms with van der Waals surface area (Å²) >= 11 is 1.85. The Kier molecular flexibility index (Phi) is 6.73. The van der Waals surface area contributed by atoms with Gasteiger partial charge in [0.1, 0.15) is 11.2 Å². The molecular weight excluding hydrogens is 665 g/mol. The van der Waals surface area contributed by atoms with Gasteiger partial charge in [0, 0.05) is 66.0 Å². The van der Waals surface area contributed by atoms with Gasteiger partial charge in [-0.3, -0.25) is 4.98 Å². The van der Waals surface area contributed by atoms with E-state index in [1.807, 2.05) is 29.8 Å². The lowest BCUT2D eigenvalue weighted by Gasteiger charge is -2.26. The van der Waals surface area contributed by atoms with Gasteiger partial charge in [-0.2, -0.15) is 0 Å². The van der Waals surface area contributed by atoms with E-state index in [4.69, 9.17) is 4.42 Å². The Balaban J connectivity index is 1.08. The van der Waals surface area contributed by atoms with Crippen molar-refractivity contribution in [1.82, 2.24) is 4.98 Å².